The molecule has 1 nitrogen and oxygen atoms in total. The van der Waals surface area contributed by atoms with Crippen LogP contribution in [0.4, 0.5) is 13.2 Å². The Morgan fingerprint density at radius 3 is 2.11 bits per heavy atom. The Morgan fingerprint density at radius 2 is 1.67 bits per heavy atom. The number of aryl methyl sites for hydroxylation is 1. The number of halogens is 4. The van der Waals surface area contributed by atoms with E-state index in [9.17, 15) is 13.2 Å². The van der Waals surface area contributed by atoms with Crippen molar-refractivity contribution in [2.75, 3.05) is 18.4 Å². The third kappa shape index (κ3) is 5.87. The lowest BCUT2D eigenvalue weighted by atomic mass is 10.1. The molecule has 0 bridgehead atoms. The monoisotopic (exact) mass is 323 g/mol. The molecule has 0 heterocycles. The number of nitrogens with zero attached hydrogens (tertiary/aromatic N) is 1. The number of benzene rings is 1. The maximum atomic E-state index is 12.4. The summed E-state index contributed by atoms with van der Waals surface area (Å²) in [6.07, 6.45) is -3.21. The summed E-state index contributed by atoms with van der Waals surface area (Å²) in [7, 11) is 0. The van der Waals surface area contributed by atoms with Gasteiger partial charge in [-0.25, -0.2) is 0 Å². The van der Waals surface area contributed by atoms with E-state index >= 15 is 0 Å². The summed E-state index contributed by atoms with van der Waals surface area (Å²) in [5.74, 6) is 0. The molecule has 0 aliphatic heterocycles. The van der Waals surface area contributed by atoms with Crippen LogP contribution >= 0.6 is 15.9 Å². The second-order valence-electron chi connectivity index (χ2n) is 4.18. The van der Waals surface area contributed by atoms with Gasteiger partial charge in [-0.3, -0.25) is 4.90 Å². The van der Waals surface area contributed by atoms with Gasteiger partial charge in [0.05, 0.1) is 6.54 Å². The average molecular weight is 324 g/mol. The zero-order valence-electron chi connectivity index (χ0n) is 10.3. The summed E-state index contributed by atoms with van der Waals surface area (Å²) in [5.41, 5.74) is 2.11. The summed E-state index contributed by atoms with van der Waals surface area (Å²) in [4.78, 5) is 1.40. The molecule has 1 aromatic rings. The second kappa shape index (κ2) is 7.14. The molecule has 0 aliphatic rings. The molecule has 1 rings (SSSR count). The topological polar surface area (TPSA) is 3.24 Å². The molecule has 0 saturated carbocycles. The molecule has 0 aliphatic carbocycles. The van der Waals surface area contributed by atoms with Gasteiger partial charge < -0.3 is 0 Å². The summed E-state index contributed by atoms with van der Waals surface area (Å²) in [6, 6.07) is 7.73. The lowest BCUT2D eigenvalue weighted by Crippen LogP contribution is -2.35. The SMILES string of the molecule is CCc1ccc(CN(CCBr)CC(F)(F)F)cc1. The van der Waals surface area contributed by atoms with Crippen molar-refractivity contribution in [3.05, 3.63) is 35.4 Å². The van der Waals surface area contributed by atoms with E-state index in [2.05, 4.69) is 22.9 Å². The van der Waals surface area contributed by atoms with Crippen molar-refractivity contribution < 1.29 is 13.2 Å². The van der Waals surface area contributed by atoms with Crippen molar-refractivity contribution in [2.24, 2.45) is 0 Å². The van der Waals surface area contributed by atoms with E-state index in [1.807, 2.05) is 24.3 Å². The van der Waals surface area contributed by atoms with E-state index in [1.165, 1.54) is 10.5 Å². The summed E-state index contributed by atoms with van der Waals surface area (Å²) >= 11 is 3.18. The molecule has 0 unspecified atom stereocenters. The maximum absolute atomic E-state index is 12.4. The molecule has 0 fully saturated rings. The zero-order valence-corrected chi connectivity index (χ0v) is 11.9. The van der Waals surface area contributed by atoms with Gasteiger partial charge in [0.1, 0.15) is 0 Å². The summed E-state index contributed by atoms with van der Waals surface area (Å²) in [5, 5.41) is 0.538. The molecular formula is C13H17BrF3N. The quantitative estimate of drug-likeness (QED) is 0.715. The van der Waals surface area contributed by atoms with Crippen LogP contribution in [0.1, 0.15) is 18.1 Å². The van der Waals surface area contributed by atoms with Gasteiger partial charge in [-0.05, 0) is 17.5 Å². The van der Waals surface area contributed by atoms with Gasteiger partial charge in [-0.15, -0.1) is 0 Å². The Labute approximate surface area is 114 Å². The molecule has 0 spiro atoms. The van der Waals surface area contributed by atoms with Crippen LogP contribution in [-0.2, 0) is 13.0 Å². The molecule has 0 radical (unpaired) electrons. The highest BCUT2D eigenvalue weighted by molar-refractivity contribution is 9.09. The van der Waals surface area contributed by atoms with E-state index < -0.39 is 12.7 Å². The van der Waals surface area contributed by atoms with Crippen LogP contribution in [0.2, 0.25) is 0 Å². The minimum Gasteiger partial charge on any atom is -0.290 e. The van der Waals surface area contributed by atoms with E-state index in [4.69, 9.17) is 0 Å². The van der Waals surface area contributed by atoms with Crippen molar-refractivity contribution in [3.63, 3.8) is 0 Å². The zero-order chi connectivity index (χ0) is 13.6. The van der Waals surface area contributed by atoms with E-state index in [0.29, 0.717) is 18.4 Å². The molecule has 102 valence electrons. The van der Waals surface area contributed by atoms with Crippen LogP contribution in [0.3, 0.4) is 0 Å². The Kier molecular flexibility index (Phi) is 6.15. The molecule has 18 heavy (non-hydrogen) atoms. The van der Waals surface area contributed by atoms with Gasteiger partial charge in [0.25, 0.3) is 0 Å². The molecule has 0 amide bonds. The number of hydrogen-bond donors (Lipinski definition) is 0. The molecule has 0 N–H and O–H groups in total. The van der Waals surface area contributed by atoms with Crippen molar-refractivity contribution >= 4 is 15.9 Å². The molecule has 0 atom stereocenters. The Balaban J connectivity index is 2.64. The van der Waals surface area contributed by atoms with Gasteiger partial charge >= 0.3 is 6.18 Å². The fraction of sp³-hybridized carbons (Fsp3) is 0.538. The predicted octanol–water partition coefficient (Wildman–Crippen LogP) is 4.01. The highest BCUT2D eigenvalue weighted by Crippen LogP contribution is 2.18. The minimum atomic E-state index is -4.15. The maximum Gasteiger partial charge on any atom is 0.401 e. The van der Waals surface area contributed by atoms with Gasteiger partial charge in [0.2, 0.25) is 0 Å². The average Bonchev–Trinajstić information content (AvgIpc) is 2.28. The van der Waals surface area contributed by atoms with Crippen LogP contribution in [-0.4, -0.2) is 29.5 Å². The first kappa shape index (κ1) is 15.5. The lowest BCUT2D eigenvalue weighted by molar-refractivity contribution is -0.146. The molecular weight excluding hydrogens is 307 g/mol. The van der Waals surface area contributed by atoms with Crippen LogP contribution in [0, 0.1) is 0 Å². The third-order valence-electron chi connectivity index (χ3n) is 2.64. The number of hydrogen-bond acceptors (Lipinski definition) is 1. The second-order valence-corrected chi connectivity index (χ2v) is 4.98. The Bertz CT molecular complexity index is 348. The van der Waals surface area contributed by atoms with Gasteiger partial charge in [0, 0.05) is 18.4 Å². The lowest BCUT2D eigenvalue weighted by Gasteiger charge is -2.22. The summed E-state index contributed by atoms with van der Waals surface area (Å²) < 4.78 is 37.2. The first-order chi connectivity index (χ1) is 8.44. The Morgan fingerprint density at radius 1 is 1.11 bits per heavy atom. The van der Waals surface area contributed by atoms with E-state index in [1.54, 1.807) is 0 Å². The van der Waals surface area contributed by atoms with Crippen LogP contribution in [0.25, 0.3) is 0 Å². The van der Waals surface area contributed by atoms with Crippen LogP contribution < -0.4 is 0 Å². The largest absolute Gasteiger partial charge is 0.401 e. The minimum absolute atomic E-state index is 0.328. The number of rotatable bonds is 6. The predicted molar refractivity (Wildman–Crippen MR) is 70.9 cm³/mol. The normalized spacial score (nSPS) is 12.1. The smallest absolute Gasteiger partial charge is 0.290 e. The van der Waals surface area contributed by atoms with Crippen molar-refractivity contribution in [1.82, 2.24) is 4.90 Å². The van der Waals surface area contributed by atoms with Crippen molar-refractivity contribution in [2.45, 2.75) is 26.1 Å². The first-order valence-electron chi connectivity index (χ1n) is 5.87. The third-order valence-corrected chi connectivity index (χ3v) is 3.00. The highest BCUT2D eigenvalue weighted by Gasteiger charge is 2.30. The number of alkyl halides is 4. The van der Waals surface area contributed by atoms with Crippen molar-refractivity contribution in [3.8, 4) is 0 Å². The van der Waals surface area contributed by atoms with Gasteiger partial charge in [-0.2, -0.15) is 13.2 Å². The van der Waals surface area contributed by atoms with Gasteiger partial charge in [-0.1, -0.05) is 47.1 Å². The van der Waals surface area contributed by atoms with E-state index in [-0.39, 0.29) is 0 Å². The van der Waals surface area contributed by atoms with Crippen LogP contribution in [0.15, 0.2) is 24.3 Å². The fourth-order valence-electron chi connectivity index (χ4n) is 1.73. The molecule has 0 aromatic heterocycles. The Hall–Kier alpha value is -0.550. The fourth-order valence-corrected chi connectivity index (χ4v) is 2.23. The molecule has 5 heteroatoms. The highest BCUT2D eigenvalue weighted by atomic mass is 79.9. The van der Waals surface area contributed by atoms with Crippen LogP contribution in [0.5, 0.6) is 0 Å². The molecule has 0 saturated heterocycles. The summed E-state index contributed by atoms with van der Waals surface area (Å²) in [6.45, 7) is 1.90. The molecule has 1 aromatic carbocycles. The van der Waals surface area contributed by atoms with Gasteiger partial charge in [0.15, 0.2) is 0 Å². The standard InChI is InChI=1S/C13H17BrF3N/c1-2-11-3-5-12(6-4-11)9-18(8-7-14)10-13(15,16)17/h3-6H,2,7-10H2,1H3. The van der Waals surface area contributed by atoms with Crippen molar-refractivity contribution in [1.29, 1.82) is 0 Å². The van der Waals surface area contributed by atoms with E-state index in [0.717, 1.165) is 12.0 Å². The first-order valence-corrected chi connectivity index (χ1v) is 6.99.